The van der Waals surface area contributed by atoms with Crippen LogP contribution in [0.15, 0.2) is 28.4 Å². The van der Waals surface area contributed by atoms with Crippen LogP contribution < -0.4 is 9.80 Å². The molecule has 2 aromatic rings. The van der Waals surface area contributed by atoms with Crippen LogP contribution in [0.25, 0.3) is 0 Å². The van der Waals surface area contributed by atoms with E-state index in [0.717, 1.165) is 53.4 Å². The molecule has 0 amide bonds. The maximum Gasteiger partial charge on any atom is 0.147 e. The molecule has 1 aromatic heterocycles. The van der Waals surface area contributed by atoms with Gasteiger partial charge in [-0.15, -0.1) is 0 Å². The van der Waals surface area contributed by atoms with Crippen molar-refractivity contribution < 1.29 is 0 Å². The number of nitrogens with zero attached hydrogens (tertiary/aromatic N) is 5. The van der Waals surface area contributed by atoms with Crippen molar-refractivity contribution in [1.82, 2.24) is 9.97 Å². The first-order valence-electron chi connectivity index (χ1n) is 10.6. The van der Waals surface area contributed by atoms with Crippen molar-refractivity contribution in [3.63, 3.8) is 0 Å². The van der Waals surface area contributed by atoms with Crippen LogP contribution in [0, 0.1) is 38.0 Å². The molecule has 5 nitrogen and oxygen atoms in total. The van der Waals surface area contributed by atoms with E-state index < -0.39 is 0 Å². The van der Waals surface area contributed by atoms with Gasteiger partial charge in [-0.3, -0.25) is 4.90 Å². The van der Waals surface area contributed by atoms with Gasteiger partial charge in [0.05, 0.1) is 17.7 Å². The lowest BCUT2D eigenvalue weighted by atomic mass is 9.93. The topological polar surface area (TPSA) is 56.1 Å². The number of aromatic nitrogens is 2. The van der Waals surface area contributed by atoms with Crippen LogP contribution in [0.4, 0.5) is 17.3 Å². The van der Waals surface area contributed by atoms with Crippen LogP contribution in [-0.4, -0.2) is 23.1 Å². The summed E-state index contributed by atoms with van der Waals surface area (Å²) in [6.45, 7) is 12.3. The number of hydrogen-bond donors (Lipinski definition) is 0. The van der Waals surface area contributed by atoms with E-state index in [1.807, 2.05) is 6.92 Å². The van der Waals surface area contributed by atoms with Gasteiger partial charge < -0.3 is 4.90 Å². The Balaban J connectivity index is 1.91. The molecule has 0 radical (unpaired) electrons. The Morgan fingerprint density at radius 2 is 1.77 bits per heavy atom. The molecule has 2 aliphatic heterocycles. The van der Waals surface area contributed by atoms with E-state index in [2.05, 4.69) is 77.7 Å². The predicted octanol–water partition coefficient (Wildman–Crippen LogP) is 6.06. The molecule has 1 aromatic carbocycles. The van der Waals surface area contributed by atoms with Gasteiger partial charge in [0.1, 0.15) is 17.5 Å². The molecule has 6 heteroatoms. The monoisotopic (exact) mass is 465 g/mol. The molecule has 0 spiro atoms. The zero-order chi connectivity index (χ0) is 21.6. The predicted molar refractivity (Wildman–Crippen MR) is 125 cm³/mol. The third kappa shape index (κ3) is 3.60. The summed E-state index contributed by atoms with van der Waals surface area (Å²) in [5.41, 5.74) is 5.93. The number of anilines is 3. The number of piperidine rings is 1. The largest absolute Gasteiger partial charge is 0.355 e. The van der Waals surface area contributed by atoms with Crippen LogP contribution in [-0.2, 0) is 0 Å². The molecule has 2 atom stereocenters. The van der Waals surface area contributed by atoms with Gasteiger partial charge in [-0.1, -0.05) is 28.9 Å². The van der Waals surface area contributed by atoms with Crippen LogP contribution in [0.1, 0.15) is 55.1 Å². The lowest BCUT2D eigenvalue weighted by Gasteiger charge is -2.38. The molecule has 1 fully saturated rings. The Hall–Kier alpha value is -2.39. The molecule has 30 heavy (non-hydrogen) atoms. The Morgan fingerprint density at radius 1 is 1.10 bits per heavy atom. The molecule has 0 aliphatic carbocycles. The highest BCUT2D eigenvalue weighted by atomic mass is 79.9. The zero-order valence-corrected chi connectivity index (χ0v) is 19.9. The highest BCUT2D eigenvalue weighted by Gasteiger charge is 2.33. The van der Waals surface area contributed by atoms with Gasteiger partial charge in [-0.05, 0) is 63.8 Å². The molecule has 3 heterocycles. The second-order valence-electron chi connectivity index (χ2n) is 8.57. The van der Waals surface area contributed by atoms with Crippen LogP contribution in [0.5, 0.6) is 0 Å². The first kappa shape index (κ1) is 20.9. The van der Waals surface area contributed by atoms with E-state index in [1.165, 1.54) is 22.5 Å². The molecule has 2 aliphatic rings. The van der Waals surface area contributed by atoms with Gasteiger partial charge in [0.25, 0.3) is 0 Å². The fourth-order valence-corrected chi connectivity index (χ4v) is 5.56. The van der Waals surface area contributed by atoms with Gasteiger partial charge in [-0.25, -0.2) is 9.97 Å². The first-order valence-corrected chi connectivity index (χ1v) is 11.4. The van der Waals surface area contributed by atoms with Crippen molar-refractivity contribution in [1.29, 1.82) is 5.26 Å². The van der Waals surface area contributed by atoms with Gasteiger partial charge in [0, 0.05) is 34.7 Å². The second-order valence-corrected chi connectivity index (χ2v) is 9.48. The maximum absolute atomic E-state index is 9.48. The number of nitriles is 1. The Bertz CT molecular complexity index is 1040. The summed E-state index contributed by atoms with van der Waals surface area (Å²) in [5, 5.41) is 9.48. The van der Waals surface area contributed by atoms with E-state index in [0.29, 0.717) is 0 Å². The highest BCUT2D eigenvalue weighted by molar-refractivity contribution is 9.10. The van der Waals surface area contributed by atoms with E-state index in [1.54, 1.807) is 0 Å². The third-order valence-corrected chi connectivity index (χ3v) is 6.57. The van der Waals surface area contributed by atoms with Gasteiger partial charge >= 0.3 is 0 Å². The fourth-order valence-electron chi connectivity index (χ4n) is 4.87. The number of fused-ring (bicyclic) bond motifs is 1. The average molecular weight is 466 g/mol. The van der Waals surface area contributed by atoms with Gasteiger partial charge in [0.2, 0.25) is 0 Å². The molecular formula is C24H28BrN5. The lowest BCUT2D eigenvalue weighted by molar-refractivity contribution is 0.488. The minimum absolute atomic E-state index is 0.0629. The summed E-state index contributed by atoms with van der Waals surface area (Å²) < 4.78 is 1.09. The van der Waals surface area contributed by atoms with E-state index in [-0.39, 0.29) is 11.8 Å². The van der Waals surface area contributed by atoms with Crippen LogP contribution >= 0.6 is 15.9 Å². The van der Waals surface area contributed by atoms with Crippen molar-refractivity contribution >= 4 is 33.3 Å². The maximum atomic E-state index is 9.48. The van der Waals surface area contributed by atoms with Crippen molar-refractivity contribution in [2.75, 3.05) is 22.9 Å². The summed E-state index contributed by atoms with van der Waals surface area (Å²) in [6.07, 6.45) is 4.29. The minimum atomic E-state index is 0.0629. The Kier molecular flexibility index (Phi) is 5.59. The summed E-state index contributed by atoms with van der Waals surface area (Å²) in [5.74, 6) is 3.00. The summed E-state index contributed by atoms with van der Waals surface area (Å²) in [6, 6.07) is 6.77. The smallest absolute Gasteiger partial charge is 0.147 e. The third-order valence-electron chi connectivity index (χ3n) is 6.11. The van der Waals surface area contributed by atoms with Crippen LogP contribution in [0.3, 0.4) is 0 Å². The number of halogens is 1. The lowest BCUT2D eigenvalue weighted by Crippen LogP contribution is -2.37. The molecular weight excluding hydrogens is 438 g/mol. The molecule has 4 rings (SSSR count). The SMILES string of the molecule is CC1=CC(C)c2c(N3CCCC(C#N)C3)nc(C)nc2N1c1c(C)cc(Br)cc1C. The first-order chi connectivity index (χ1) is 14.3. The van der Waals surface area contributed by atoms with Crippen molar-refractivity contribution in [3.8, 4) is 6.07 Å². The summed E-state index contributed by atoms with van der Waals surface area (Å²) >= 11 is 3.62. The number of aryl methyl sites for hydroxylation is 3. The number of rotatable bonds is 2. The van der Waals surface area contributed by atoms with Crippen molar-refractivity contribution in [3.05, 3.63) is 50.9 Å². The number of allylic oxidation sites excluding steroid dienone is 2. The number of benzene rings is 1. The molecule has 0 N–H and O–H groups in total. The zero-order valence-electron chi connectivity index (χ0n) is 18.3. The molecule has 1 saturated heterocycles. The Morgan fingerprint density at radius 3 is 2.43 bits per heavy atom. The molecule has 0 saturated carbocycles. The minimum Gasteiger partial charge on any atom is -0.355 e. The van der Waals surface area contributed by atoms with Gasteiger partial charge in [0.15, 0.2) is 0 Å². The van der Waals surface area contributed by atoms with E-state index in [4.69, 9.17) is 9.97 Å². The number of hydrogen-bond acceptors (Lipinski definition) is 5. The second kappa shape index (κ2) is 8.03. The quantitative estimate of drug-likeness (QED) is 0.538. The fraction of sp³-hybridized carbons (Fsp3) is 0.458. The van der Waals surface area contributed by atoms with Crippen LogP contribution in [0.2, 0.25) is 0 Å². The van der Waals surface area contributed by atoms with Gasteiger partial charge in [-0.2, -0.15) is 5.26 Å². The normalized spacial score (nSPS) is 21.2. The van der Waals surface area contributed by atoms with E-state index in [9.17, 15) is 5.26 Å². The van der Waals surface area contributed by atoms with E-state index >= 15 is 0 Å². The molecule has 156 valence electrons. The average Bonchev–Trinajstić information content (AvgIpc) is 2.68. The highest BCUT2D eigenvalue weighted by Crippen LogP contribution is 2.46. The standard InChI is InChI=1S/C24H28BrN5/c1-14-9-17(4)30(22-15(2)10-20(25)11-16(22)3)24-21(14)23(27-18(5)28-24)29-8-6-7-19(12-26)13-29/h9-11,14,19H,6-8,13H2,1-5H3. The summed E-state index contributed by atoms with van der Waals surface area (Å²) in [4.78, 5) is 14.4. The molecule has 2 unspecified atom stereocenters. The van der Waals surface area contributed by atoms with Crippen molar-refractivity contribution in [2.45, 2.75) is 53.4 Å². The summed E-state index contributed by atoms with van der Waals surface area (Å²) in [7, 11) is 0. The molecule has 0 bridgehead atoms. The Labute approximate surface area is 187 Å². The van der Waals surface area contributed by atoms with Crippen molar-refractivity contribution in [2.24, 2.45) is 5.92 Å².